The van der Waals surface area contributed by atoms with Gasteiger partial charge in [0, 0.05) is 13.0 Å². The summed E-state index contributed by atoms with van der Waals surface area (Å²) in [5, 5.41) is 3.17. The first-order valence-corrected chi connectivity index (χ1v) is 8.08. The third kappa shape index (κ3) is 4.48. The number of nitrogens with one attached hydrogen (secondary N) is 1. The van der Waals surface area contributed by atoms with Crippen LogP contribution in [0, 0.1) is 17.3 Å². The van der Waals surface area contributed by atoms with E-state index in [1.54, 1.807) is 0 Å². The number of hydrogen-bond acceptors (Lipinski definition) is 2. The fourth-order valence-corrected chi connectivity index (χ4v) is 3.72. The number of carbonyl (C=O) groups excluding carboxylic acids is 1. The molecule has 3 nitrogen and oxygen atoms in total. The minimum atomic E-state index is 0.268. The van der Waals surface area contributed by atoms with E-state index in [2.05, 4.69) is 12.2 Å². The molecule has 0 aromatic heterocycles. The lowest BCUT2D eigenvalue weighted by atomic mass is 9.80. The lowest BCUT2D eigenvalue weighted by molar-refractivity contribution is -0.122. The molecule has 3 heteroatoms. The Hall–Kier alpha value is -0.570. The van der Waals surface area contributed by atoms with Crippen LogP contribution in [0.2, 0.25) is 0 Å². The predicted molar refractivity (Wildman–Crippen MR) is 78.7 cm³/mol. The monoisotopic (exact) mass is 266 g/mol. The largest absolute Gasteiger partial charge is 0.356 e. The third-order valence-corrected chi connectivity index (χ3v) is 5.30. The van der Waals surface area contributed by atoms with Gasteiger partial charge in [0.25, 0.3) is 0 Å². The van der Waals surface area contributed by atoms with E-state index in [0.717, 1.165) is 19.5 Å². The van der Waals surface area contributed by atoms with Crippen LogP contribution < -0.4 is 11.1 Å². The molecule has 0 radical (unpaired) electrons. The van der Waals surface area contributed by atoms with Crippen molar-refractivity contribution >= 4 is 5.91 Å². The quantitative estimate of drug-likeness (QED) is 0.804. The van der Waals surface area contributed by atoms with E-state index < -0.39 is 0 Å². The highest BCUT2D eigenvalue weighted by Crippen LogP contribution is 2.36. The molecule has 2 rings (SSSR count). The molecule has 19 heavy (non-hydrogen) atoms. The molecule has 2 aliphatic rings. The number of hydrogen-bond donors (Lipinski definition) is 2. The molecule has 0 aromatic rings. The van der Waals surface area contributed by atoms with Crippen LogP contribution in [-0.2, 0) is 4.79 Å². The number of amides is 1. The highest BCUT2D eigenvalue weighted by atomic mass is 16.1. The SMILES string of the molecule is CC1(CNC(=O)CC2CCC(CN)CC2)CCCC1. The first-order valence-electron chi connectivity index (χ1n) is 8.08. The highest BCUT2D eigenvalue weighted by molar-refractivity contribution is 5.76. The van der Waals surface area contributed by atoms with Crippen molar-refractivity contribution in [1.29, 1.82) is 0 Å². The normalized spacial score (nSPS) is 30.2. The van der Waals surface area contributed by atoms with E-state index in [4.69, 9.17) is 5.73 Å². The topological polar surface area (TPSA) is 55.1 Å². The van der Waals surface area contributed by atoms with Gasteiger partial charge in [0.15, 0.2) is 0 Å². The fourth-order valence-electron chi connectivity index (χ4n) is 3.72. The van der Waals surface area contributed by atoms with Gasteiger partial charge in [-0.15, -0.1) is 0 Å². The van der Waals surface area contributed by atoms with Gasteiger partial charge in [-0.2, -0.15) is 0 Å². The molecule has 0 heterocycles. The zero-order valence-electron chi connectivity index (χ0n) is 12.4. The molecule has 110 valence electrons. The highest BCUT2D eigenvalue weighted by Gasteiger charge is 2.29. The summed E-state index contributed by atoms with van der Waals surface area (Å²) in [6.45, 7) is 4.01. The van der Waals surface area contributed by atoms with Crippen LogP contribution in [0.5, 0.6) is 0 Å². The lowest BCUT2D eigenvalue weighted by Crippen LogP contribution is -2.35. The van der Waals surface area contributed by atoms with Crippen molar-refractivity contribution in [3.63, 3.8) is 0 Å². The van der Waals surface area contributed by atoms with Gasteiger partial charge in [0.2, 0.25) is 5.91 Å². The minimum Gasteiger partial charge on any atom is -0.356 e. The summed E-state index contributed by atoms with van der Waals surface area (Å²) in [6, 6.07) is 0. The summed E-state index contributed by atoms with van der Waals surface area (Å²) in [7, 11) is 0. The van der Waals surface area contributed by atoms with Gasteiger partial charge in [0.1, 0.15) is 0 Å². The molecule has 0 spiro atoms. The van der Waals surface area contributed by atoms with Crippen LogP contribution in [0.3, 0.4) is 0 Å². The van der Waals surface area contributed by atoms with Crippen LogP contribution in [-0.4, -0.2) is 19.0 Å². The summed E-state index contributed by atoms with van der Waals surface area (Å²) >= 11 is 0. The summed E-state index contributed by atoms with van der Waals surface area (Å²) in [6.07, 6.45) is 10.7. The van der Waals surface area contributed by atoms with E-state index in [0.29, 0.717) is 17.3 Å². The maximum absolute atomic E-state index is 12.0. The molecule has 0 bridgehead atoms. The summed E-state index contributed by atoms with van der Waals surface area (Å²) in [5.74, 6) is 1.57. The molecular formula is C16H30N2O. The van der Waals surface area contributed by atoms with E-state index in [1.807, 2.05) is 0 Å². The van der Waals surface area contributed by atoms with E-state index in [1.165, 1.54) is 51.4 Å². The maximum Gasteiger partial charge on any atom is 0.220 e. The van der Waals surface area contributed by atoms with Crippen molar-refractivity contribution in [3.05, 3.63) is 0 Å². The number of carbonyl (C=O) groups is 1. The van der Waals surface area contributed by atoms with Gasteiger partial charge in [-0.05, 0) is 62.3 Å². The average Bonchev–Trinajstić information content (AvgIpc) is 2.85. The summed E-state index contributed by atoms with van der Waals surface area (Å²) in [4.78, 5) is 12.0. The van der Waals surface area contributed by atoms with Gasteiger partial charge in [-0.25, -0.2) is 0 Å². The second kappa shape index (κ2) is 6.74. The first-order chi connectivity index (χ1) is 9.11. The molecule has 0 aliphatic heterocycles. The average molecular weight is 266 g/mol. The van der Waals surface area contributed by atoms with E-state index >= 15 is 0 Å². The fraction of sp³-hybridized carbons (Fsp3) is 0.938. The molecule has 2 fully saturated rings. The molecule has 2 saturated carbocycles. The van der Waals surface area contributed by atoms with Crippen molar-refractivity contribution in [1.82, 2.24) is 5.32 Å². The molecule has 3 N–H and O–H groups in total. The second-order valence-corrected chi connectivity index (χ2v) is 7.12. The van der Waals surface area contributed by atoms with Gasteiger partial charge >= 0.3 is 0 Å². The van der Waals surface area contributed by atoms with Crippen molar-refractivity contribution in [2.45, 2.75) is 64.7 Å². The van der Waals surface area contributed by atoms with Crippen molar-refractivity contribution in [2.24, 2.45) is 23.0 Å². The molecular weight excluding hydrogens is 236 g/mol. The van der Waals surface area contributed by atoms with Gasteiger partial charge in [0.05, 0.1) is 0 Å². The van der Waals surface area contributed by atoms with Crippen LogP contribution in [0.15, 0.2) is 0 Å². The predicted octanol–water partition coefficient (Wildman–Crippen LogP) is 2.84. The maximum atomic E-state index is 12.0. The van der Waals surface area contributed by atoms with Crippen LogP contribution in [0.25, 0.3) is 0 Å². The Morgan fingerprint density at radius 2 is 1.74 bits per heavy atom. The molecule has 0 unspecified atom stereocenters. The second-order valence-electron chi connectivity index (χ2n) is 7.12. The molecule has 0 atom stereocenters. The Labute approximate surface area is 117 Å². The van der Waals surface area contributed by atoms with Crippen LogP contribution in [0.4, 0.5) is 0 Å². The Bertz CT molecular complexity index is 289. The molecule has 1 amide bonds. The molecule has 0 aromatic carbocycles. The smallest absolute Gasteiger partial charge is 0.220 e. The van der Waals surface area contributed by atoms with Gasteiger partial charge in [-0.1, -0.05) is 19.8 Å². The Morgan fingerprint density at radius 1 is 1.16 bits per heavy atom. The summed E-state index contributed by atoms with van der Waals surface area (Å²) in [5.41, 5.74) is 6.07. The third-order valence-electron chi connectivity index (χ3n) is 5.30. The van der Waals surface area contributed by atoms with Crippen molar-refractivity contribution in [3.8, 4) is 0 Å². The molecule has 2 aliphatic carbocycles. The Balaban J connectivity index is 1.64. The van der Waals surface area contributed by atoms with Gasteiger partial charge < -0.3 is 11.1 Å². The zero-order chi connectivity index (χ0) is 13.7. The van der Waals surface area contributed by atoms with Gasteiger partial charge in [-0.3, -0.25) is 4.79 Å². The van der Waals surface area contributed by atoms with Crippen molar-refractivity contribution in [2.75, 3.05) is 13.1 Å². The Kier molecular flexibility index (Phi) is 5.26. The Morgan fingerprint density at radius 3 is 2.32 bits per heavy atom. The number of nitrogens with two attached hydrogens (primary N) is 1. The zero-order valence-corrected chi connectivity index (χ0v) is 12.4. The van der Waals surface area contributed by atoms with E-state index in [-0.39, 0.29) is 5.91 Å². The van der Waals surface area contributed by atoms with E-state index in [9.17, 15) is 4.79 Å². The standard InChI is InChI=1S/C16H30N2O/c1-16(8-2-3-9-16)12-18-15(19)10-13-4-6-14(11-17)7-5-13/h13-14H,2-12,17H2,1H3,(H,18,19). The summed E-state index contributed by atoms with van der Waals surface area (Å²) < 4.78 is 0. The lowest BCUT2D eigenvalue weighted by Gasteiger charge is -2.28. The minimum absolute atomic E-state index is 0.268. The first kappa shape index (κ1) is 14.8. The van der Waals surface area contributed by atoms with Crippen LogP contribution >= 0.6 is 0 Å². The van der Waals surface area contributed by atoms with Crippen LogP contribution in [0.1, 0.15) is 64.7 Å². The molecule has 0 saturated heterocycles. The van der Waals surface area contributed by atoms with Crippen molar-refractivity contribution < 1.29 is 4.79 Å². The number of rotatable bonds is 5.